The molecule has 0 heterocycles. The van der Waals surface area contributed by atoms with E-state index < -0.39 is 30.5 Å². The van der Waals surface area contributed by atoms with Crippen LogP contribution in [-0.4, -0.2) is 41.1 Å². The van der Waals surface area contributed by atoms with Gasteiger partial charge in [0.25, 0.3) is 0 Å². The highest BCUT2D eigenvalue weighted by Gasteiger charge is 2.42. The second kappa shape index (κ2) is 4.30. The smallest absolute Gasteiger partial charge is 0.471 e. The van der Waals surface area contributed by atoms with E-state index in [2.05, 4.69) is 0 Å². The van der Waals surface area contributed by atoms with Crippen LogP contribution in [0.4, 0.5) is 13.2 Å². The highest BCUT2D eigenvalue weighted by atomic mass is 19.4. The molecule has 0 aliphatic heterocycles. The summed E-state index contributed by atoms with van der Waals surface area (Å²) in [6.07, 6.45) is -5.47. The molecule has 0 saturated heterocycles. The third-order valence-corrected chi connectivity index (χ3v) is 1.69. The highest BCUT2D eigenvalue weighted by molar-refractivity contribution is 5.82. The summed E-state index contributed by atoms with van der Waals surface area (Å²) in [7, 11) is 0.920. The van der Waals surface area contributed by atoms with Crippen LogP contribution in [0.2, 0.25) is 0 Å². The Morgan fingerprint density at radius 2 is 1.86 bits per heavy atom. The number of hydrogen-bond donors (Lipinski definition) is 1. The summed E-state index contributed by atoms with van der Waals surface area (Å²) < 4.78 is 35.6. The van der Waals surface area contributed by atoms with Gasteiger partial charge >= 0.3 is 18.1 Å². The van der Waals surface area contributed by atoms with E-state index in [0.717, 1.165) is 7.05 Å². The van der Waals surface area contributed by atoms with Crippen LogP contribution >= 0.6 is 0 Å². The van der Waals surface area contributed by atoms with Crippen molar-refractivity contribution in [2.45, 2.75) is 25.6 Å². The van der Waals surface area contributed by atoms with Gasteiger partial charge in [0.15, 0.2) is 0 Å². The van der Waals surface area contributed by atoms with Gasteiger partial charge in [-0.2, -0.15) is 13.2 Å². The largest absolute Gasteiger partial charge is 0.481 e. The molecule has 4 nitrogen and oxygen atoms in total. The molecule has 82 valence electrons. The molecule has 0 aromatic heterocycles. The molecule has 1 unspecified atom stereocenters. The number of aliphatic carboxylic acids is 1. The minimum absolute atomic E-state index is 0.369. The first kappa shape index (κ1) is 12.7. The molecule has 0 spiro atoms. The molecule has 0 aliphatic rings. The number of amides is 1. The second-order valence-corrected chi connectivity index (χ2v) is 2.86. The molecule has 0 radical (unpaired) electrons. The lowest BCUT2D eigenvalue weighted by Gasteiger charge is -2.24. The molecular weight excluding hydrogens is 203 g/mol. The van der Waals surface area contributed by atoms with Crippen molar-refractivity contribution in [1.29, 1.82) is 0 Å². The Kier molecular flexibility index (Phi) is 3.91. The van der Waals surface area contributed by atoms with E-state index in [1.165, 1.54) is 6.92 Å². The fraction of sp³-hybridized carbons (Fsp3) is 0.714. The van der Waals surface area contributed by atoms with Gasteiger partial charge in [0.05, 0.1) is 6.42 Å². The Balaban J connectivity index is 4.39. The van der Waals surface area contributed by atoms with Gasteiger partial charge in [0.2, 0.25) is 0 Å². The van der Waals surface area contributed by atoms with Gasteiger partial charge in [0.1, 0.15) is 0 Å². The van der Waals surface area contributed by atoms with Crippen molar-refractivity contribution in [1.82, 2.24) is 4.90 Å². The third kappa shape index (κ3) is 3.63. The molecule has 1 amide bonds. The number of carboxylic acid groups (broad SMARTS) is 1. The van der Waals surface area contributed by atoms with Crippen molar-refractivity contribution in [3.8, 4) is 0 Å². The van der Waals surface area contributed by atoms with E-state index in [4.69, 9.17) is 5.11 Å². The zero-order valence-electron chi connectivity index (χ0n) is 7.63. The molecule has 14 heavy (non-hydrogen) atoms. The SMILES string of the molecule is CC(CC(=O)O)N(C)C(=O)C(F)(F)F. The molecule has 7 heteroatoms. The van der Waals surface area contributed by atoms with Gasteiger partial charge in [-0.05, 0) is 6.92 Å². The Labute approximate surface area is 78.3 Å². The van der Waals surface area contributed by atoms with E-state index in [1.54, 1.807) is 0 Å². The monoisotopic (exact) mass is 213 g/mol. The van der Waals surface area contributed by atoms with Crippen LogP contribution in [0.3, 0.4) is 0 Å². The number of hydrogen-bond acceptors (Lipinski definition) is 2. The van der Waals surface area contributed by atoms with Gasteiger partial charge in [0, 0.05) is 13.1 Å². The third-order valence-electron chi connectivity index (χ3n) is 1.69. The summed E-state index contributed by atoms with van der Waals surface area (Å²) in [6, 6.07) is -0.985. The van der Waals surface area contributed by atoms with Gasteiger partial charge in [-0.15, -0.1) is 0 Å². The van der Waals surface area contributed by atoms with Gasteiger partial charge in [-0.1, -0.05) is 0 Å². The first-order chi connectivity index (χ1) is 6.16. The summed E-state index contributed by atoms with van der Waals surface area (Å²) in [6.45, 7) is 1.23. The highest BCUT2D eigenvalue weighted by Crippen LogP contribution is 2.19. The van der Waals surface area contributed by atoms with Gasteiger partial charge in [-0.3, -0.25) is 9.59 Å². The standard InChI is InChI=1S/C7H10F3NO3/c1-4(3-5(12)13)11(2)6(14)7(8,9)10/h4H,3H2,1-2H3,(H,12,13). The number of rotatable bonds is 3. The Morgan fingerprint density at radius 3 is 2.14 bits per heavy atom. The predicted molar refractivity (Wildman–Crippen MR) is 40.5 cm³/mol. The average Bonchev–Trinajstić information content (AvgIpc) is 1.98. The Hall–Kier alpha value is -1.27. The molecule has 0 aromatic rings. The molecular formula is C7H10F3NO3. The van der Waals surface area contributed by atoms with E-state index in [1.807, 2.05) is 0 Å². The molecule has 0 saturated carbocycles. The minimum atomic E-state index is -4.96. The van der Waals surface area contributed by atoms with Crippen LogP contribution < -0.4 is 0 Å². The van der Waals surface area contributed by atoms with E-state index in [9.17, 15) is 22.8 Å². The maximum absolute atomic E-state index is 11.9. The van der Waals surface area contributed by atoms with Crippen molar-refractivity contribution >= 4 is 11.9 Å². The molecule has 0 aliphatic carbocycles. The molecule has 1 atom stereocenters. The van der Waals surface area contributed by atoms with Crippen molar-refractivity contribution in [2.24, 2.45) is 0 Å². The molecule has 0 aromatic carbocycles. The van der Waals surface area contributed by atoms with Crippen molar-refractivity contribution in [3.05, 3.63) is 0 Å². The number of carbonyl (C=O) groups is 2. The van der Waals surface area contributed by atoms with E-state index in [-0.39, 0.29) is 0 Å². The van der Waals surface area contributed by atoms with Crippen LogP contribution in [0, 0.1) is 0 Å². The minimum Gasteiger partial charge on any atom is -0.481 e. The fourth-order valence-electron chi connectivity index (χ4n) is 0.790. The van der Waals surface area contributed by atoms with E-state index >= 15 is 0 Å². The number of halogens is 3. The van der Waals surface area contributed by atoms with Crippen LogP contribution in [0.5, 0.6) is 0 Å². The summed E-state index contributed by atoms with van der Waals surface area (Å²) in [5.74, 6) is -3.29. The molecule has 0 rings (SSSR count). The summed E-state index contributed by atoms with van der Waals surface area (Å²) >= 11 is 0. The first-order valence-electron chi connectivity index (χ1n) is 3.72. The van der Waals surface area contributed by atoms with Crippen molar-refractivity contribution < 1.29 is 27.9 Å². The Bertz CT molecular complexity index is 239. The summed E-state index contributed by atoms with van der Waals surface area (Å²) in [5, 5.41) is 8.30. The van der Waals surface area contributed by atoms with Crippen molar-refractivity contribution in [2.75, 3.05) is 7.05 Å². The van der Waals surface area contributed by atoms with Crippen LogP contribution in [0.1, 0.15) is 13.3 Å². The van der Waals surface area contributed by atoms with Gasteiger partial charge in [-0.25, -0.2) is 0 Å². The fourth-order valence-corrected chi connectivity index (χ4v) is 0.790. The number of nitrogens with zero attached hydrogens (tertiary/aromatic N) is 1. The summed E-state index contributed by atoms with van der Waals surface area (Å²) in [5.41, 5.74) is 0. The van der Waals surface area contributed by atoms with E-state index in [0.29, 0.717) is 4.90 Å². The van der Waals surface area contributed by atoms with Gasteiger partial charge < -0.3 is 10.0 Å². The normalized spacial score (nSPS) is 13.5. The lowest BCUT2D eigenvalue weighted by Crippen LogP contribution is -2.44. The number of carbonyl (C=O) groups excluding carboxylic acids is 1. The maximum Gasteiger partial charge on any atom is 0.471 e. The topological polar surface area (TPSA) is 57.6 Å². The lowest BCUT2D eigenvalue weighted by molar-refractivity contribution is -0.186. The number of alkyl halides is 3. The quantitative estimate of drug-likeness (QED) is 0.756. The first-order valence-corrected chi connectivity index (χ1v) is 3.72. The average molecular weight is 213 g/mol. The lowest BCUT2D eigenvalue weighted by atomic mass is 10.2. The molecule has 0 bridgehead atoms. The maximum atomic E-state index is 11.9. The zero-order valence-corrected chi connectivity index (χ0v) is 7.63. The number of carboxylic acids is 1. The van der Waals surface area contributed by atoms with Crippen LogP contribution in [0.25, 0.3) is 0 Å². The molecule has 0 fully saturated rings. The Morgan fingerprint density at radius 1 is 1.43 bits per heavy atom. The zero-order chi connectivity index (χ0) is 11.5. The second-order valence-electron chi connectivity index (χ2n) is 2.86. The molecule has 1 N–H and O–H groups in total. The van der Waals surface area contributed by atoms with Crippen LogP contribution in [-0.2, 0) is 9.59 Å². The van der Waals surface area contributed by atoms with Crippen molar-refractivity contribution in [3.63, 3.8) is 0 Å². The van der Waals surface area contributed by atoms with Crippen LogP contribution in [0.15, 0.2) is 0 Å². The predicted octanol–water partition coefficient (Wildman–Crippen LogP) is 0.870. The summed E-state index contributed by atoms with van der Waals surface area (Å²) in [4.78, 5) is 21.1.